The Hall–Kier alpha value is -2.92. The highest BCUT2D eigenvalue weighted by Crippen LogP contribution is 2.42. The Morgan fingerprint density at radius 2 is 1.78 bits per heavy atom. The summed E-state index contributed by atoms with van der Waals surface area (Å²) >= 11 is 0. The van der Waals surface area contributed by atoms with E-state index in [1.165, 1.54) is 18.2 Å². The number of nitriles is 2. The van der Waals surface area contributed by atoms with E-state index in [0.29, 0.717) is 22.6 Å². The van der Waals surface area contributed by atoms with Crippen LogP contribution in [0.1, 0.15) is 61.5 Å². The number of benzene rings is 1. The summed E-state index contributed by atoms with van der Waals surface area (Å²) in [6.45, 7) is 5.78. The predicted octanol–water partition coefficient (Wildman–Crippen LogP) is 3.50. The van der Waals surface area contributed by atoms with Crippen molar-refractivity contribution in [2.45, 2.75) is 46.1 Å². The standard InChI is InChI=1S/C22H23N3O2/c1-12(2)19-20(18(9-14-4-5-14)13(3)25-22(19)27)21(26)17-7-15(10-23)6-16(8-17)11-24/h6-8,12-14,18H,4-5,9H2,1-3H3,(H,25,27). The zero-order valence-electron chi connectivity index (χ0n) is 15.9. The first-order valence-electron chi connectivity index (χ1n) is 9.40. The minimum absolute atomic E-state index is 0.0450. The quantitative estimate of drug-likeness (QED) is 0.812. The smallest absolute Gasteiger partial charge is 0.248 e. The average Bonchev–Trinajstić information content (AvgIpc) is 3.46. The number of ketones is 1. The van der Waals surface area contributed by atoms with Crippen LogP contribution in [0.2, 0.25) is 0 Å². The van der Waals surface area contributed by atoms with Gasteiger partial charge in [0.05, 0.1) is 23.3 Å². The molecule has 2 aliphatic rings. The van der Waals surface area contributed by atoms with Crippen molar-refractivity contribution in [2.24, 2.45) is 17.8 Å². The topological polar surface area (TPSA) is 93.8 Å². The molecule has 0 spiro atoms. The molecule has 1 amide bonds. The molecule has 138 valence electrons. The number of Topliss-reactive ketones (excluding diaryl/α,β-unsaturated/α-hetero) is 1. The number of carbonyl (C=O) groups excluding carboxylic acids is 2. The fourth-order valence-electron chi connectivity index (χ4n) is 3.90. The molecule has 1 saturated carbocycles. The van der Waals surface area contributed by atoms with Gasteiger partial charge in [-0.2, -0.15) is 10.5 Å². The van der Waals surface area contributed by atoms with Gasteiger partial charge in [-0.3, -0.25) is 9.59 Å². The van der Waals surface area contributed by atoms with Crippen molar-refractivity contribution < 1.29 is 9.59 Å². The number of nitrogens with one attached hydrogen (secondary N) is 1. The van der Waals surface area contributed by atoms with Crippen LogP contribution in [-0.2, 0) is 4.79 Å². The summed E-state index contributed by atoms with van der Waals surface area (Å²) in [4.78, 5) is 26.2. The van der Waals surface area contributed by atoms with E-state index in [1.807, 2.05) is 32.9 Å². The Bertz CT molecular complexity index is 878. The molecule has 5 nitrogen and oxygen atoms in total. The van der Waals surface area contributed by atoms with Gasteiger partial charge >= 0.3 is 0 Å². The SMILES string of the molecule is CC(C)C1=C(C(=O)c2cc(C#N)cc(C#N)c2)C(CC2CC2)C(C)NC1=O. The van der Waals surface area contributed by atoms with Crippen LogP contribution in [0.15, 0.2) is 29.3 Å². The van der Waals surface area contributed by atoms with Gasteiger partial charge in [-0.15, -0.1) is 0 Å². The van der Waals surface area contributed by atoms with Gasteiger partial charge < -0.3 is 5.32 Å². The van der Waals surface area contributed by atoms with Crippen molar-refractivity contribution in [1.29, 1.82) is 10.5 Å². The molecule has 1 aromatic carbocycles. The van der Waals surface area contributed by atoms with E-state index in [-0.39, 0.29) is 40.7 Å². The number of nitrogens with zero attached hydrogens (tertiary/aromatic N) is 2. The lowest BCUT2D eigenvalue weighted by molar-refractivity contribution is -0.119. The fourth-order valence-corrected chi connectivity index (χ4v) is 3.90. The van der Waals surface area contributed by atoms with Gasteiger partial charge in [0.15, 0.2) is 5.78 Å². The largest absolute Gasteiger partial charge is 0.349 e. The zero-order chi connectivity index (χ0) is 19.7. The van der Waals surface area contributed by atoms with E-state index in [0.717, 1.165) is 19.3 Å². The second-order valence-corrected chi connectivity index (χ2v) is 7.88. The molecule has 0 bridgehead atoms. The monoisotopic (exact) mass is 361 g/mol. The van der Waals surface area contributed by atoms with Crippen molar-refractivity contribution in [2.75, 3.05) is 0 Å². The van der Waals surface area contributed by atoms with Crippen LogP contribution in [-0.4, -0.2) is 17.7 Å². The second kappa shape index (κ2) is 7.37. The lowest BCUT2D eigenvalue weighted by atomic mass is 9.75. The van der Waals surface area contributed by atoms with E-state index >= 15 is 0 Å². The van der Waals surface area contributed by atoms with Crippen LogP contribution in [0.4, 0.5) is 0 Å². The normalized spacial score (nSPS) is 22.2. The maximum atomic E-state index is 13.5. The molecule has 27 heavy (non-hydrogen) atoms. The van der Waals surface area contributed by atoms with Crippen LogP contribution in [0.3, 0.4) is 0 Å². The Balaban J connectivity index is 2.14. The molecule has 2 unspecified atom stereocenters. The van der Waals surface area contributed by atoms with Gasteiger partial charge in [-0.05, 0) is 43.4 Å². The van der Waals surface area contributed by atoms with Crippen molar-refractivity contribution in [1.82, 2.24) is 5.32 Å². The van der Waals surface area contributed by atoms with Gasteiger partial charge in [-0.1, -0.05) is 26.7 Å². The molecule has 1 aromatic rings. The summed E-state index contributed by atoms with van der Waals surface area (Å²) in [5.74, 6) is 0.0392. The zero-order valence-corrected chi connectivity index (χ0v) is 15.9. The highest BCUT2D eigenvalue weighted by Gasteiger charge is 2.40. The van der Waals surface area contributed by atoms with E-state index in [2.05, 4.69) is 5.32 Å². The van der Waals surface area contributed by atoms with Crippen molar-refractivity contribution in [3.63, 3.8) is 0 Å². The second-order valence-electron chi connectivity index (χ2n) is 7.88. The summed E-state index contributed by atoms with van der Waals surface area (Å²) in [6, 6.07) is 8.39. The summed E-state index contributed by atoms with van der Waals surface area (Å²) in [5.41, 5.74) is 1.95. The molecule has 0 radical (unpaired) electrons. The Morgan fingerprint density at radius 1 is 1.19 bits per heavy atom. The first-order chi connectivity index (χ1) is 12.8. The van der Waals surface area contributed by atoms with E-state index in [1.54, 1.807) is 0 Å². The molecule has 3 rings (SSSR count). The van der Waals surface area contributed by atoms with E-state index in [4.69, 9.17) is 0 Å². The number of carbonyl (C=O) groups is 2. The molecule has 1 fully saturated rings. The van der Waals surface area contributed by atoms with Gasteiger partial charge in [0.1, 0.15) is 0 Å². The summed E-state index contributed by atoms with van der Waals surface area (Å²) in [5, 5.41) is 21.5. The molecule has 1 heterocycles. The summed E-state index contributed by atoms with van der Waals surface area (Å²) in [7, 11) is 0. The molecular formula is C22H23N3O2. The minimum Gasteiger partial charge on any atom is -0.349 e. The third-order valence-corrected chi connectivity index (χ3v) is 5.43. The molecule has 2 atom stereocenters. The molecule has 1 N–H and O–H groups in total. The lowest BCUT2D eigenvalue weighted by Gasteiger charge is -2.35. The first kappa shape index (κ1) is 18.9. The van der Waals surface area contributed by atoms with E-state index in [9.17, 15) is 20.1 Å². The van der Waals surface area contributed by atoms with Crippen LogP contribution in [0.25, 0.3) is 0 Å². The van der Waals surface area contributed by atoms with Crippen molar-refractivity contribution in [3.8, 4) is 12.1 Å². The molecule has 0 saturated heterocycles. The summed E-state index contributed by atoms with van der Waals surface area (Å²) in [6.07, 6.45) is 3.21. The number of hydrogen-bond acceptors (Lipinski definition) is 4. The highest BCUT2D eigenvalue weighted by molar-refractivity contribution is 6.15. The third kappa shape index (κ3) is 3.78. The first-order valence-corrected chi connectivity index (χ1v) is 9.40. The predicted molar refractivity (Wildman–Crippen MR) is 101 cm³/mol. The number of amides is 1. The fraction of sp³-hybridized carbons (Fsp3) is 0.455. The Kier molecular flexibility index (Phi) is 5.15. The average molecular weight is 361 g/mol. The van der Waals surface area contributed by atoms with Gasteiger partial charge in [0.2, 0.25) is 5.91 Å². The maximum Gasteiger partial charge on any atom is 0.248 e. The van der Waals surface area contributed by atoms with E-state index < -0.39 is 0 Å². The molecule has 0 aromatic heterocycles. The van der Waals surface area contributed by atoms with Crippen molar-refractivity contribution >= 4 is 11.7 Å². The summed E-state index contributed by atoms with van der Waals surface area (Å²) < 4.78 is 0. The molecule has 1 aliphatic heterocycles. The molecular weight excluding hydrogens is 338 g/mol. The maximum absolute atomic E-state index is 13.5. The number of hydrogen-bond donors (Lipinski definition) is 1. The van der Waals surface area contributed by atoms with Gasteiger partial charge in [-0.25, -0.2) is 0 Å². The minimum atomic E-state index is -0.236. The lowest BCUT2D eigenvalue weighted by Crippen LogP contribution is -2.47. The van der Waals surface area contributed by atoms with Gasteiger partial charge in [0.25, 0.3) is 0 Å². The van der Waals surface area contributed by atoms with Crippen LogP contribution in [0, 0.1) is 40.4 Å². The molecule has 1 aliphatic carbocycles. The Morgan fingerprint density at radius 3 is 2.26 bits per heavy atom. The highest BCUT2D eigenvalue weighted by atomic mass is 16.2. The van der Waals surface area contributed by atoms with Crippen LogP contribution < -0.4 is 5.32 Å². The molecule has 5 heteroatoms. The van der Waals surface area contributed by atoms with Gasteiger partial charge in [0, 0.05) is 28.7 Å². The van der Waals surface area contributed by atoms with Crippen molar-refractivity contribution in [3.05, 3.63) is 46.0 Å². The van der Waals surface area contributed by atoms with Crippen LogP contribution >= 0.6 is 0 Å². The number of rotatable bonds is 5. The Labute approximate surface area is 159 Å². The van der Waals surface area contributed by atoms with Crippen LogP contribution in [0.5, 0.6) is 0 Å². The third-order valence-electron chi connectivity index (χ3n) is 5.43.